The largest absolute Gasteiger partial charge is 0.481 e. The van der Waals surface area contributed by atoms with Gasteiger partial charge in [-0.25, -0.2) is 0 Å². The van der Waals surface area contributed by atoms with Gasteiger partial charge in [0.15, 0.2) is 0 Å². The molecule has 1 N–H and O–H groups in total. The van der Waals surface area contributed by atoms with Gasteiger partial charge in [-0.2, -0.15) is 0 Å². The second-order valence-electron chi connectivity index (χ2n) is 5.45. The summed E-state index contributed by atoms with van der Waals surface area (Å²) in [6.07, 6.45) is 1.02. The van der Waals surface area contributed by atoms with Crippen LogP contribution in [0.4, 0.5) is 0 Å². The molecule has 0 aliphatic rings. The first kappa shape index (κ1) is 14.6. The summed E-state index contributed by atoms with van der Waals surface area (Å²) in [4.78, 5) is 11.2. The van der Waals surface area contributed by atoms with Crippen molar-refractivity contribution in [2.75, 3.05) is 0 Å². The molecule has 2 heterocycles. The van der Waals surface area contributed by atoms with Crippen molar-refractivity contribution >= 4 is 17.5 Å². The Balaban J connectivity index is 2.13. The van der Waals surface area contributed by atoms with E-state index in [-0.39, 0.29) is 11.8 Å². The number of hydrogen-bond donors (Lipinski definition) is 1. The Bertz CT molecular complexity index is 600. The zero-order chi connectivity index (χ0) is 14.8. The second kappa shape index (κ2) is 5.66. The van der Waals surface area contributed by atoms with Crippen LogP contribution in [0.5, 0.6) is 0 Å². The molecule has 0 aliphatic heterocycles. The van der Waals surface area contributed by atoms with Gasteiger partial charge in [0.1, 0.15) is 4.88 Å². The summed E-state index contributed by atoms with van der Waals surface area (Å²) in [5, 5.41) is 20.6. The number of rotatable bonds is 5. The molecule has 0 bridgehead atoms. The van der Waals surface area contributed by atoms with Crippen molar-refractivity contribution in [1.82, 2.24) is 19.8 Å². The van der Waals surface area contributed by atoms with E-state index in [1.165, 1.54) is 11.5 Å². The molecular formula is C12H16N4O3S. The summed E-state index contributed by atoms with van der Waals surface area (Å²) in [6.45, 7) is 6.12. The van der Waals surface area contributed by atoms with Crippen LogP contribution in [0.15, 0.2) is 4.42 Å². The van der Waals surface area contributed by atoms with Crippen molar-refractivity contribution in [1.29, 1.82) is 0 Å². The lowest BCUT2D eigenvalue weighted by atomic mass is 9.91. The Hall–Kier alpha value is -1.83. The Kier molecular flexibility index (Phi) is 4.12. The molecule has 0 aliphatic carbocycles. The minimum atomic E-state index is -0.827. The van der Waals surface area contributed by atoms with E-state index in [2.05, 4.69) is 19.8 Å². The van der Waals surface area contributed by atoms with E-state index < -0.39 is 5.97 Å². The number of aliphatic carboxylic acids is 1. The molecule has 0 atom stereocenters. The van der Waals surface area contributed by atoms with Crippen LogP contribution in [0.2, 0.25) is 0 Å². The van der Waals surface area contributed by atoms with Gasteiger partial charge in [0.25, 0.3) is 5.89 Å². The Labute approximate surface area is 120 Å². The molecule has 0 unspecified atom stereocenters. The average molecular weight is 296 g/mol. The summed E-state index contributed by atoms with van der Waals surface area (Å²) < 4.78 is 9.51. The second-order valence-corrected chi connectivity index (χ2v) is 6.20. The molecule has 2 aromatic rings. The fourth-order valence-corrected chi connectivity index (χ4v) is 2.46. The van der Waals surface area contributed by atoms with E-state index in [1.807, 2.05) is 20.8 Å². The summed E-state index contributed by atoms with van der Waals surface area (Å²) in [5.41, 5.74) is 0.670. The highest BCUT2D eigenvalue weighted by molar-refractivity contribution is 7.09. The highest BCUT2D eigenvalue weighted by Crippen LogP contribution is 2.33. The quantitative estimate of drug-likeness (QED) is 0.903. The number of aryl methyl sites for hydroxylation is 1. The highest BCUT2D eigenvalue weighted by atomic mass is 32.1. The minimum absolute atomic E-state index is 0.0903. The van der Waals surface area contributed by atoms with E-state index in [9.17, 15) is 4.79 Å². The predicted molar refractivity (Wildman–Crippen MR) is 72.5 cm³/mol. The van der Waals surface area contributed by atoms with Crippen molar-refractivity contribution in [3.8, 4) is 10.8 Å². The maximum atomic E-state index is 10.5. The van der Waals surface area contributed by atoms with E-state index in [0.29, 0.717) is 24.6 Å². The fourth-order valence-electron chi connectivity index (χ4n) is 1.66. The Morgan fingerprint density at radius 3 is 2.70 bits per heavy atom. The minimum Gasteiger partial charge on any atom is -0.481 e. The van der Waals surface area contributed by atoms with Crippen LogP contribution in [0, 0.1) is 0 Å². The van der Waals surface area contributed by atoms with Crippen molar-refractivity contribution in [2.45, 2.75) is 45.4 Å². The van der Waals surface area contributed by atoms with Gasteiger partial charge in [0.05, 0.1) is 5.69 Å². The van der Waals surface area contributed by atoms with E-state index in [0.717, 1.165) is 10.6 Å². The number of aromatic nitrogens is 4. The number of carboxylic acids is 1. The Morgan fingerprint density at radius 1 is 1.30 bits per heavy atom. The molecule has 0 aromatic carbocycles. The number of hydrogen-bond acceptors (Lipinski definition) is 7. The fraction of sp³-hybridized carbons (Fsp3) is 0.583. The molecule has 0 amide bonds. The first-order chi connectivity index (χ1) is 9.38. The van der Waals surface area contributed by atoms with Crippen LogP contribution < -0.4 is 0 Å². The van der Waals surface area contributed by atoms with Crippen molar-refractivity contribution in [3.63, 3.8) is 0 Å². The first-order valence-electron chi connectivity index (χ1n) is 6.25. The number of carbonyl (C=O) groups is 1. The van der Waals surface area contributed by atoms with E-state index >= 15 is 0 Å². The lowest BCUT2D eigenvalue weighted by Gasteiger charge is -2.14. The Morgan fingerprint density at radius 2 is 2.05 bits per heavy atom. The topological polar surface area (TPSA) is 102 Å². The van der Waals surface area contributed by atoms with Gasteiger partial charge in [-0.05, 0) is 18.0 Å². The number of carboxylic acid groups (broad SMARTS) is 1. The lowest BCUT2D eigenvalue weighted by Crippen LogP contribution is -2.13. The van der Waals surface area contributed by atoms with Crippen LogP contribution in [-0.2, 0) is 16.6 Å². The van der Waals surface area contributed by atoms with Crippen LogP contribution in [0.3, 0.4) is 0 Å². The molecule has 0 saturated carbocycles. The lowest BCUT2D eigenvalue weighted by molar-refractivity contribution is -0.137. The van der Waals surface area contributed by atoms with Crippen LogP contribution in [-0.4, -0.2) is 30.9 Å². The summed E-state index contributed by atoms with van der Waals surface area (Å²) in [7, 11) is 0. The molecule has 2 rings (SSSR count). The van der Waals surface area contributed by atoms with Crippen molar-refractivity contribution in [2.24, 2.45) is 0 Å². The molecule has 20 heavy (non-hydrogen) atoms. The number of nitrogens with zero attached hydrogens (tertiary/aromatic N) is 4. The standard InChI is InChI=1S/C12H16N4O3S/c1-12(2,3)10-9(20-16-14-10)11-15-13-7(19-11)5-4-6-8(17)18/h4-6H2,1-3H3,(H,17,18). The highest BCUT2D eigenvalue weighted by Gasteiger charge is 2.26. The summed E-state index contributed by atoms with van der Waals surface area (Å²) in [6, 6.07) is 0. The van der Waals surface area contributed by atoms with Gasteiger partial charge in [0, 0.05) is 18.3 Å². The molecule has 7 nitrogen and oxygen atoms in total. The van der Waals surface area contributed by atoms with Crippen LogP contribution in [0.1, 0.15) is 45.2 Å². The monoisotopic (exact) mass is 296 g/mol. The molecule has 108 valence electrons. The normalized spacial score (nSPS) is 11.8. The molecule has 0 saturated heterocycles. The average Bonchev–Trinajstić information content (AvgIpc) is 2.94. The maximum absolute atomic E-state index is 10.5. The van der Waals surface area contributed by atoms with Crippen molar-refractivity contribution < 1.29 is 14.3 Å². The molecule has 0 radical (unpaired) electrons. The van der Waals surface area contributed by atoms with Crippen LogP contribution >= 0.6 is 11.5 Å². The summed E-state index contributed by atoms with van der Waals surface area (Å²) in [5.74, 6) is 0.0103. The summed E-state index contributed by atoms with van der Waals surface area (Å²) >= 11 is 1.22. The van der Waals surface area contributed by atoms with Crippen molar-refractivity contribution in [3.05, 3.63) is 11.6 Å². The zero-order valence-corrected chi connectivity index (χ0v) is 12.4. The van der Waals surface area contributed by atoms with Gasteiger partial charge >= 0.3 is 5.97 Å². The molecule has 0 fully saturated rings. The molecule has 0 spiro atoms. The SMILES string of the molecule is CC(C)(C)c1nnsc1-c1nnc(CCCC(=O)O)o1. The van der Waals surface area contributed by atoms with E-state index in [4.69, 9.17) is 9.52 Å². The zero-order valence-electron chi connectivity index (χ0n) is 11.6. The maximum Gasteiger partial charge on any atom is 0.303 e. The van der Waals surface area contributed by atoms with Gasteiger partial charge in [-0.3, -0.25) is 4.79 Å². The van der Waals surface area contributed by atoms with Gasteiger partial charge in [0.2, 0.25) is 5.89 Å². The van der Waals surface area contributed by atoms with Gasteiger partial charge in [-0.1, -0.05) is 25.3 Å². The van der Waals surface area contributed by atoms with E-state index in [1.54, 1.807) is 0 Å². The molecular weight excluding hydrogens is 280 g/mol. The first-order valence-corrected chi connectivity index (χ1v) is 7.02. The predicted octanol–water partition coefficient (Wildman–Crippen LogP) is 2.29. The van der Waals surface area contributed by atoms with Gasteiger partial charge < -0.3 is 9.52 Å². The third kappa shape index (κ3) is 3.38. The molecule has 2 aromatic heterocycles. The molecule has 8 heteroatoms. The van der Waals surface area contributed by atoms with Gasteiger partial charge in [-0.15, -0.1) is 15.3 Å². The van der Waals surface area contributed by atoms with Crippen LogP contribution in [0.25, 0.3) is 10.8 Å². The third-order valence-electron chi connectivity index (χ3n) is 2.64. The smallest absolute Gasteiger partial charge is 0.303 e. The third-order valence-corrected chi connectivity index (χ3v) is 3.35.